The molecule has 0 radical (unpaired) electrons. The normalized spacial score (nSPS) is 21.3. The summed E-state index contributed by atoms with van der Waals surface area (Å²) in [7, 11) is -0.350. The van der Waals surface area contributed by atoms with Crippen LogP contribution in [0, 0.1) is 6.92 Å². The number of hydrogen-bond acceptors (Lipinski definition) is 4. The van der Waals surface area contributed by atoms with Crippen LogP contribution in [0.25, 0.3) is 6.08 Å². The van der Waals surface area contributed by atoms with Crippen molar-refractivity contribution in [2.24, 2.45) is 0 Å². The molecule has 0 saturated carbocycles. The second-order valence-electron chi connectivity index (χ2n) is 6.20. The molecule has 1 saturated heterocycles. The fourth-order valence-electron chi connectivity index (χ4n) is 2.01. The Morgan fingerprint density at radius 2 is 1.90 bits per heavy atom. The first-order chi connectivity index (χ1) is 9.27. The highest BCUT2D eigenvalue weighted by Gasteiger charge is 2.52. The molecule has 0 unspecified atom stereocenters. The Morgan fingerprint density at radius 3 is 2.40 bits per heavy atom. The Kier molecular flexibility index (Phi) is 4.33. The number of rotatable bonds is 3. The van der Waals surface area contributed by atoms with E-state index in [4.69, 9.17) is 9.31 Å². The molecule has 0 bridgehead atoms. The molecule has 1 aromatic heterocycles. The lowest BCUT2D eigenvalue weighted by atomic mass is 9.78. The van der Waals surface area contributed by atoms with Gasteiger partial charge >= 0.3 is 7.12 Å². The van der Waals surface area contributed by atoms with E-state index in [2.05, 4.69) is 58.3 Å². The van der Waals surface area contributed by atoms with Crippen LogP contribution in [-0.2, 0) is 9.31 Å². The molecule has 108 valence electrons. The fourth-order valence-corrected chi connectivity index (χ4v) is 2.25. The molecule has 2 rings (SSSR count). The van der Waals surface area contributed by atoms with E-state index in [9.17, 15) is 0 Å². The molecule has 1 aliphatic heterocycles. The molecule has 1 aromatic rings. The lowest BCUT2D eigenvalue weighted by Crippen LogP contribution is -2.41. The maximum atomic E-state index is 6.07. The summed E-state index contributed by atoms with van der Waals surface area (Å²) < 4.78 is 12.1. The van der Waals surface area contributed by atoms with E-state index in [1.165, 1.54) is 5.56 Å². The van der Waals surface area contributed by atoms with Crippen molar-refractivity contribution in [1.29, 1.82) is 0 Å². The van der Waals surface area contributed by atoms with Crippen molar-refractivity contribution in [2.45, 2.75) is 45.8 Å². The minimum absolute atomic E-state index is 0.330. The van der Waals surface area contributed by atoms with Gasteiger partial charge in [-0.25, -0.2) is 0 Å². The minimum atomic E-state index is -0.350. The summed E-state index contributed by atoms with van der Waals surface area (Å²) in [6, 6.07) is 1.99. The van der Waals surface area contributed by atoms with Crippen LogP contribution in [0.3, 0.4) is 0 Å². The molecule has 1 aliphatic rings. The maximum Gasteiger partial charge on any atom is 0.491 e. The monoisotopic (exact) mass is 291 g/mol. The lowest BCUT2D eigenvalue weighted by Gasteiger charge is -2.32. The predicted molar refractivity (Wildman–Crippen MR) is 86.9 cm³/mol. The SMILES string of the molecule is Cc1ccncc1C=C(CS)B1OC(C)(C)C(C)(C)O1. The van der Waals surface area contributed by atoms with E-state index >= 15 is 0 Å². The van der Waals surface area contributed by atoms with Gasteiger partial charge in [-0.1, -0.05) is 6.08 Å². The molecule has 20 heavy (non-hydrogen) atoms. The molecule has 3 nitrogen and oxygen atoms in total. The molecule has 0 atom stereocenters. The highest BCUT2D eigenvalue weighted by molar-refractivity contribution is 7.80. The third-order valence-corrected chi connectivity index (χ3v) is 4.52. The molecule has 5 heteroatoms. The standard InChI is InChI=1S/C15H22BNO2S/c1-11-6-7-17-9-12(11)8-13(10-20)16-18-14(2,3)15(4,5)19-16/h6-9,20H,10H2,1-5H3. The first-order valence-corrected chi connectivity index (χ1v) is 7.47. The van der Waals surface area contributed by atoms with Crippen LogP contribution >= 0.6 is 12.6 Å². The molecule has 1 fully saturated rings. The van der Waals surface area contributed by atoms with E-state index in [0.29, 0.717) is 5.75 Å². The van der Waals surface area contributed by atoms with E-state index in [1.54, 1.807) is 6.20 Å². The van der Waals surface area contributed by atoms with Crippen LogP contribution in [-0.4, -0.2) is 29.1 Å². The molecule has 0 spiro atoms. The van der Waals surface area contributed by atoms with Crippen molar-refractivity contribution in [3.8, 4) is 0 Å². The van der Waals surface area contributed by atoms with E-state index < -0.39 is 0 Å². The third-order valence-electron chi connectivity index (χ3n) is 4.16. The largest absolute Gasteiger partial charge is 0.491 e. The van der Waals surface area contributed by atoms with Gasteiger partial charge in [0, 0.05) is 18.1 Å². The number of hydrogen-bond donors (Lipinski definition) is 1. The van der Waals surface area contributed by atoms with E-state index in [0.717, 1.165) is 11.0 Å². The van der Waals surface area contributed by atoms with Gasteiger partial charge in [0.2, 0.25) is 0 Å². The van der Waals surface area contributed by atoms with Crippen molar-refractivity contribution >= 4 is 25.8 Å². The Morgan fingerprint density at radius 1 is 1.30 bits per heavy atom. The Balaban J connectivity index is 2.29. The number of thiol groups is 1. The number of aromatic nitrogens is 1. The van der Waals surface area contributed by atoms with E-state index in [1.807, 2.05) is 12.3 Å². The Bertz CT molecular complexity index is 512. The van der Waals surface area contributed by atoms with Gasteiger partial charge < -0.3 is 9.31 Å². The van der Waals surface area contributed by atoms with Crippen LogP contribution in [0.15, 0.2) is 23.9 Å². The van der Waals surface area contributed by atoms with Crippen molar-refractivity contribution in [1.82, 2.24) is 4.98 Å². The van der Waals surface area contributed by atoms with Gasteiger partial charge in [-0.15, -0.1) is 0 Å². The molecule has 0 aromatic carbocycles. The minimum Gasteiger partial charge on any atom is -0.400 e. The van der Waals surface area contributed by atoms with Crippen molar-refractivity contribution < 1.29 is 9.31 Å². The second-order valence-corrected chi connectivity index (χ2v) is 6.51. The number of nitrogens with zero attached hydrogens (tertiary/aromatic N) is 1. The number of pyridine rings is 1. The molecule has 2 heterocycles. The fraction of sp³-hybridized carbons (Fsp3) is 0.533. The summed E-state index contributed by atoms with van der Waals surface area (Å²) in [5.74, 6) is 0.588. The molecule has 0 aliphatic carbocycles. The molecule has 0 N–H and O–H groups in total. The van der Waals surface area contributed by atoms with Crippen LogP contribution in [0.5, 0.6) is 0 Å². The topological polar surface area (TPSA) is 31.4 Å². The van der Waals surface area contributed by atoms with E-state index in [-0.39, 0.29) is 18.3 Å². The molecular weight excluding hydrogens is 269 g/mol. The van der Waals surface area contributed by atoms with Crippen molar-refractivity contribution in [3.05, 3.63) is 35.1 Å². The van der Waals surface area contributed by atoms with Crippen LogP contribution < -0.4 is 0 Å². The third kappa shape index (κ3) is 2.95. The quantitative estimate of drug-likeness (QED) is 0.684. The van der Waals surface area contributed by atoms with Crippen LogP contribution in [0.4, 0.5) is 0 Å². The first kappa shape index (κ1) is 15.6. The summed E-state index contributed by atoms with van der Waals surface area (Å²) in [5, 5.41) is 0. The second kappa shape index (κ2) is 5.55. The van der Waals surface area contributed by atoms with Gasteiger partial charge in [0.05, 0.1) is 11.2 Å². The van der Waals surface area contributed by atoms with Crippen molar-refractivity contribution in [3.63, 3.8) is 0 Å². The van der Waals surface area contributed by atoms with Crippen LogP contribution in [0.2, 0.25) is 0 Å². The lowest BCUT2D eigenvalue weighted by molar-refractivity contribution is 0.00578. The van der Waals surface area contributed by atoms with Gasteiger partial charge in [-0.05, 0) is 57.3 Å². The van der Waals surface area contributed by atoms with Gasteiger partial charge in [-0.3, -0.25) is 4.98 Å². The Hall–Kier alpha value is -0.775. The van der Waals surface area contributed by atoms with Crippen LogP contribution in [0.1, 0.15) is 38.8 Å². The summed E-state index contributed by atoms with van der Waals surface area (Å²) in [6.45, 7) is 10.3. The maximum absolute atomic E-state index is 6.07. The van der Waals surface area contributed by atoms with Gasteiger partial charge in [-0.2, -0.15) is 12.6 Å². The van der Waals surface area contributed by atoms with Crippen molar-refractivity contribution in [2.75, 3.05) is 5.75 Å². The average Bonchev–Trinajstić information content (AvgIpc) is 2.57. The highest BCUT2D eigenvalue weighted by Crippen LogP contribution is 2.39. The predicted octanol–water partition coefficient (Wildman–Crippen LogP) is 3.33. The molecule has 0 amide bonds. The smallest absolute Gasteiger partial charge is 0.400 e. The zero-order valence-electron chi connectivity index (χ0n) is 12.8. The van der Waals surface area contributed by atoms with Gasteiger partial charge in [0.25, 0.3) is 0 Å². The summed E-state index contributed by atoms with van der Waals surface area (Å²) >= 11 is 4.42. The summed E-state index contributed by atoms with van der Waals surface area (Å²) in [4.78, 5) is 4.17. The number of aryl methyl sites for hydroxylation is 1. The average molecular weight is 291 g/mol. The Labute approximate surface area is 127 Å². The summed E-state index contributed by atoms with van der Waals surface area (Å²) in [5.41, 5.74) is 2.61. The zero-order chi connectivity index (χ0) is 15.0. The zero-order valence-corrected chi connectivity index (χ0v) is 13.7. The van der Waals surface area contributed by atoms with Gasteiger partial charge in [0.15, 0.2) is 0 Å². The summed E-state index contributed by atoms with van der Waals surface area (Å²) in [6.07, 6.45) is 5.71. The highest BCUT2D eigenvalue weighted by atomic mass is 32.1. The first-order valence-electron chi connectivity index (χ1n) is 6.84. The molecular formula is C15H22BNO2S. The van der Waals surface area contributed by atoms with Gasteiger partial charge in [0.1, 0.15) is 0 Å².